The minimum Gasteiger partial charge on any atom is -0.130 e. The maximum absolute atomic E-state index is 3.39. The van der Waals surface area contributed by atoms with E-state index in [-0.39, 0.29) is 0 Å². The van der Waals surface area contributed by atoms with Gasteiger partial charge in [-0.2, -0.15) is 0 Å². The van der Waals surface area contributed by atoms with E-state index < -0.39 is 0 Å². The molecule has 0 nitrogen and oxygen atoms in total. The molecule has 0 bridgehead atoms. The van der Waals surface area contributed by atoms with E-state index in [0.29, 0.717) is 0 Å². The van der Waals surface area contributed by atoms with Crippen LogP contribution in [0.1, 0.15) is 168 Å². The lowest BCUT2D eigenvalue weighted by molar-refractivity contribution is 0.530. The molecule has 0 aromatic heterocycles. The van der Waals surface area contributed by atoms with Gasteiger partial charge in [-0.3, -0.25) is 0 Å². The van der Waals surface area contributed by atoms with Gasteiger partial charge in [-0.15, -0.1) is 5.73 Å². The summed E-state index contributed by atoms with van der Waals surface area (Å²) in [7, 11) is 0. The second-order valence-corrected chi connectivity index (χ2v) is 9.22. The normalized spacial score (nSPS) is 10.8. The highest BCUT2D eigenvalue weighted by atomic mass is 14.0. The lowest BCUT2D eigenvalue weighted by atomic mass is 10.0. The van der Waals surface area contributed by atoms with Gasteiger partial charge in [-0.25, -0.2) is 0 Å². The molecule has 0 fully saturated rings. The van der Waals surface area contributed by atoms with E-state index in [1.807, 2.05) is 0 Å². The predicted octanol–water partition coefficient (Wildman–Crippen LogP) is 11.1. The molecule has 172 valence electrons. The molecule has 29 heavy (non-hydrogen) atoms. The second kappa shape index (κ2) is 27.5. The van der Waals surface area contributed by atoms with Crippen molar-refractivity contribution in [1.29, 1.82) is 0 Å². The molecule has 0 amide bonds. The lowest BCUT2D eigenvalue weighted by Gasteiger charge is -2.03. The van der Waals surface area contributed by atoms with E-state index in [4.69, 9.17) is 0 Å². The molecule has 0 radical (unpaired) electrons. The SMILES string of the molecule is CCCCCCCCC=C=CCCCCCCCCCCCCCCCCCC. The smallest absolute Gasteiger partial charge is 0.0274 e. The Bertz CT molecular complexity index is 334. The topological polar surface area (TPSA) is 0 Å². The van der Waals surface area contributed by atoms with Gasteiger partial charge in [0, 0.05) is 0 Å². The van der Waals surface area contributed by atoms with E-state index in [9.17, 15) is 0 Å². The summed E-state index contributed by atoms with van der Waals surface area (Å²) in [4.78, 5) is 0. The van der Waals surface area contributed by atoms with E-state index in [0.717, 1.165) is 0 Å². The van der Waals surface area contributed by atoms with Gasteiger partial charge >= 0.3 is 0 Å². The Hall–Kier alpha value is -0.480. The van der Waals surface area contributed by atoms with Crippen molar-refractivity contribution in [2.75, 3.05) is 0 Å². The highest BCUT2D eigenvalue weighted by Crippen LogP contribution is 2.14. The Morgan fingerprint density at radius 2 is 0.586 bits per heavy atom. The molecule has 0 aliphatic heterocycles. The summed E-state index contributed by atoms with van der Waals surface area (Å²) in [5.74, 6) is 0. The number of hydrogen-bond donors (Lipinski definition) is 0. The molecule has 0 N–H and O–H groups in total. The third-order valence-corrected chi connectivity index (χ3v) is 6.14. The van der Waals surface area contributed by atoms with Crippen molar-refractivity contribution in [2.45, 2.75) is 168 Å². The van der Waals surface area contributed by atoms with Crippen molar-refractivity contribution in [3.05, 3.63) is 17.9 Å². The fraction of sp³-hybridized carbons (Fsp3) is 0.897. The fourth-order valence-electron chi connectivity index (χ4n) is 4.07. The first-order chi connectivity index (χ1) is 14.4. The molecule has 0 aromatic rings. The van der Waals surface area contributed by atoms with Gasteiger partial charge in [0.15, 0.2) is 0 Å². The molecule has 0 saturated carbocycles. The number of allylic oxidation sites excluding steroid dienone is 1. The Morgan fingerprint density at radius 3 is 0.862 bits per heavy atom. The molecule has 0 spiro atoms. The Morgan fingerprint density at radius 1 is 0.345 bits per heavy atom. The van der Waals surface area contributed by atoms with Gasteiger partial charge in [0.05, 0.1) is 0 Å². The van der Waals surface area contributed by atoms with Crippen molar-refractivity contribution in [3.63, 3.8) is 0 Å². The van der Waals surface area contributed by atoms with E-state index in [1.165, 1.54) is 154 Å². The second-order valence-electron chi connectivity index (χ2n) is 9.22. The molecule has 0 aliphatic rings. The van der Waals surface area contributed by atoms with Crippen LogP contribution in [0.15, 0.2) is 17.9 Å². The molecule has 0 rings (SSSR count). The van der Waals surface area contributed by atoms with Crippen LogP contribution in [-0.4, -0.2) is 0 Å². The number of hydrogen-bond acceptors (Lipinski definition) is 0. The Kier molecular flexibility index (Phi) is 27.1. The minimum absolute atomic E-state index is 1.22. The van der Waals surface area contributed by atoms with Crippen LogP contribution in [-0.2, 0) is 0 Å². The average Bonchev–Trinajstić information content (AvgIpc) is 2.74. The van der Waals surface area contributed by atoms with Crippen LogP contribution >= 0.6 is 0 Å². The molecular weight excluding hydrogens is 348 g/mol. The summed E-state index contributed by atoms with van der Waals surface area (Å²) >= 11 is 0. The molecule has 0 heteroatoms. The lowest BCUT2D eigenvalue weighted by Crippen LogP contribution is -1.83. The highest BCUT2D eigenvalue weighted by Gasteiger charge is 1.94. The van der Waals surface area contributed by atoms with Crippen LogP contribution in [0.4, 0.5) is 0 Å². The standard InChI is InChI=1S/C29H56/c1-3-5-7-9-11-13-15-17-19-21-23-25-27-29-28-26-24-22-20-18-16-14-12-10-8-6-4-2/h17,21H,3-16,18,20,22-29H2,1-2H3. The zero-order valence-corrected chi connectivity index (χ0v) is 20.6. The number of rotatable bonds is 24. The van der Waals surface area contributed by atoms with Crippen molar-refractivity contribution in [2.24, 2.45) is 0 Å². The van der Waals surface area contributed by atoms with Gasteiger partial charge in [0.2, 0.25) is 0 Å². The summed E-state index contributed by atoms with van der Waals surface area (Å²) in [6.07, 6.45) is 38.5. The maximum atomic E-state index is 3.39. The predicted molar refractivity (Wildman–Crippen MR) is 135 cm³/mol. The van der Waals surface area contributed by atoms with E-state index >= 15 is 0 Å². The van der Waals surface area contributed by atoms with Crippen molar-refractivity contribution in [3.8, 4) is 0 Å². The molecule has 0 heterocycles. The molecule has 0 atom stereocenters. The summed E-state index contributed by atoms with van der Waals surface area (Å²) in [5.41, 5.74) is 3.39. The summed E-state index contributed by atoms with van der Waals surface area (Å²) < 4.78 is 0. The first-order valence-corrected chi connectivity index (χ1v) is 13.8. The maximum Gasteiger partial charge on any atom is -0.0274 e. The third kappa shape index (κ3) is 27.5. The Labute approximate surface area is 186 Å². The average molecular weight is 405 g/mol. The van der Waals surface area contributed by atoms with E-state index in [1.54, 1.807) is 0 Å². The summed E-state index contributed by atoms with van der Waals surface area (Å²) in [6, 6.07) is 0. The molecular formula is C29H56. The van der Waals surface area contributed by atoms with Gasteiger partial charge in [0.25, 0.3) is 0 Å². The van der Waals surface area contributed by atoms with Crippen molar-refractivity contribution < 1.29 is 0 Å². The zero-order chi connectivity index (χ0) is 21.1. The van der Waals surface area contributed by atoms with Crippen LogP contribution < -0.4 is 0 Å². The van der Waals surface area contributed by atoms with Gasteiger partial charge in [-0.05, 0) is 37.8 Å². The monoisotopic (exact) mass is 404 g/mol. The Balaban J connectivity index is 3.11. The first kappa shape index (κ1) is 28.5. The van der Waals surface area contributed by atoms with Crippen LogP contribution in [0.5, 0.6) is 0 Å². The van der Waals surface area contributed by atoms with Gasteiger partial charge in [-0.1, -0.05) is 142 Å². The fourth-order valence-corrected chi connectivity index (χ4v) is 4.07. The third-order valence-electron chi connectivity index (χ3n) is 6.14. The van der Waals surface area contributed by atoms with Crippen LogP contribution in [0.25, 0.3) is 0 Å². The molecule has 0 aliphatic carbocycles. The quantitative estimate of drug-likeness (QED) is 0.111. The highest BCUT2D eigenvalue weighted by molar-refractivity contribution is 4.84. The molecule has 0 saturated heterocycles. The van der Waals surface area contributed by atoms with Crippen LogP contribution in [0, 0.1) is 0 Å². The van der Waals surface area contributed by atoms with Crippen molar-refractivity contribution in [1.82, 2.24) is 0 Å². The van der Waals surface area contributed by atoms with E-state index in [2.05, 4.69) is 31.7 Å². The van der Waals surface area contributed by atoms with Gasteiger partial charge < -0.3 is 0 Å². The minimum atomic E-state index is 1.22. The zero-order valence-electron chi connectivity index (χ0n) is 20.6. The summed E-state index contributed by atoms with van der Waals surface area (Å²) in [6.45, 7) is 4.58. The van der Waals surface area contributed by atoms with Crippen LogP contribution in [0.2, 0.25) is 0 Å². The summed E-state index contributed by atoms with van der Waals surface area (Å²) in [5, 5.41) is 0. The van der Waals surface area contributed by atoms with Crippen molar-refractivity contribution >= 4 is 0 Å². The largest absolute Gasteiger partial charge is 0.130 e. The van der Waals surface area contributed by atoms with Crippen LogP contribution in [0.3, 0.4) is 0 Å². The molecule has 0 aromatic carbocycles. The number of unbranched alkanes of at least 4 members (excludes halogenated alkanes) is 22. The first-order valence-electron chi connectivity index (χ1n) is 13.8. The van der Waals surface area contributed by atoms with Gasteiger partial charge in [0.1, 0.15) is 0 Å². The molecule has 0 unspecified atom stereocenters.